The molecule has 0 saturated carbocycles. The summed E-state index contributed by atoms with van der Waals surface area (Å²) in [6.07, 6.45) is 1.79. The molecule has 1 atom stereocenters. The molecule has 1 heterocycles. The highest BCUT2D eigenvalue weighted by Gasteiger charge is 2.25. The van der Waals surface area contributed by atoms with Crippen molar-refractivity contribution in [3.8, 4) is 11.5 Å². The third kappa shape index (κ3) is 3.45. The molecule has 1 aliphatic rings. The van der Waals surface area contributed by atoms with Crippen LogP contribution >= 0.6 is 0 Å². The van der Waals surface area contributed by atoms with Gasteiger partial charge in [0, 0.05) is 19.2 Å². The topological polar surface area (TPSA) is 99.9 Å². The third-order valence-electron chi connectivity index (χ3n) is 3.46. The molecule has 2 rings (SSSR count). The van der Waals surface area contributed by atoms with Crippen LogP contribution in [-0.2, 0) is 4.74 Å². The average molecular weight is 310 g/mol. The highest BCUT2D eigenvalue weighted by atomic mass is 16.6. The van der Waals surface area contributed by atoms with Crippen LogP contribution in [0.3, 0.4) is 0 Å². The summed E-state index contributed by atoms with van der Waals surface area (Å²) in [4.78, 5) is 22.8. The Morgan fingerprint density at radius 1 is 1.41 bits per heavy atom. The Bertz CT molecular complexity index is 569. The number of nitro groups is 1. The van der Waals surface area contributed by atoms with Crippen LogP contribution in [0.1, 0.15) is 23.2 Å². The molecule has 120 valence electrons. The average Bonchev–Trinajstić information content (AvgIpc) is 3.04. The SMILES string of the molecule is COc1cc(C(=O)NC[C@H]2CCCO2)c([N+](=O)[O-])cc1OC. The minimum absolute atomic E-state index is 0.0387. The fourth-order valence-corrected chi connectivity index (χ4v) is 2.31. The summed E-state index contributed by atoms with van der Waals surface area (Å²) in [5.41, 5.74) is -0.400. The van der Waals surface area contributed by atoms with Gasteiger partial charge in [-0.1, -0.05) is 0 Å². The third-order valence-corrected chi connectivity index (χ3v) is 3.46. The van der Waals surface area contributed by atoms with Crippen LogP contribution in [0, 0.1) is 10.1 Å². The Morgan fingerprint density at radius 3 is 2.64 bits per heavy atom. The van der Waals surface area contributed by atoms with E-state index in [9.17, 15) is 14.9 Å². The first-order chi connectivity index (χ1) is 10.6. The van der Waals surface area contributed by atoms with E-state index in [1.807, 2.05) is 0 Å². The van der Waals surface area contributed by atoms with E-state index < -0.39 is 10.8 Å². The summed E-state index contributed by atoms with van der Waals surface area (Å²) in [6.45, 7) is 1.00. The maximum Gasteiger partial charge on any atom is 0.286 e. The zero-order valence-corrected chi connectivity index (χ0v) is 12.5. The van der Waals surface area contributed by atoms with Gasteiger partial charge in [0.15, 0.2) is 11.5 Å². The lowest BCUT2D eigenvalue weighted by Crippen LogP contribution is -2.32. The molecule has 8 heteroatoms. The lowest BCUT2D eigenvalue weighted by molar-refractivity contribution is -0.385. The summed E-state index contributed by atoms with van der Waals surface area (Å²) in [5.74, 6) is -0.0802. The van der Waals surface area contributed by atoms with Crippen LogP contribution in [0.25, 0.3) is 0 Å². The van der Waals surface area contributed by atoms with Crippen molar-refractivity contribution >= 4 is 11.6 Å². The Balaban J connectivity index is 2.22. The summed E-state index contributed by atoms with van der Waals surface area (Å²) in [7, 11) is 2.77. The van der Waals surface area contributed by atoms with E-state index in [0.717, 1.165) is 12.8 Å². The van der Waals surface area contributed by atoms with Crippen LogP contribution in [0.5, 0.6) is 11.5 Å². The van der Waals surface area contributed by atoms with Crippen LogP contribution in [0.2, 0.25) is 0 Å². The molecule has 0 bridgehead atoms. The largest absolute Gasteiger partial charge is 0.493 e. The van der Waals surface area contributed by atoms with Gasteiger partial charge in [-0.25, -0.2) is 0 Å². The highest BCUT2D eigenvalue weighted by Crippen LogP contribution is 2.34. The van der Waals surface area contributed by atoms with Gasteiger partial charge in [-0.2, -0.15) is 0 Å². The monoisotopic (exact) mass is 310 g/mol. The second-order valence-electron chi connectivity index (χ2n) is 4.83. The molecule has 1 aliphatic heterocycles. The van der Waals surface area contributed by atoms with E-state index in [2.05, 4.69) is 5.32 Å². The first-order valence-corrected chi connectivity index (χ1v) is 6.87. The van der Waals surface area contributed by atoms with Crippen molar-refractivity contribution in [2.24, 2.45) is 0 Å². The molecule has 1 N–H and O–H groups in total. The molecule has 0 aliphatic carbocycles. The zero-order valence-electron chi connectivity index (χ0n) is 12.5. The summed E-state index contributed by atoms with van der Waals surface area (Å²) >= 11 is 0. The van der Waals surface area contributed by atoms with Gasteiger partial charge in [-0.15, -0.1) is 0 Å². The molecular weight excluding hydrogens is 292 g/mol. The summed E-state index contributed by atoms with van der Waals surface area (Å²) < 4.78 is 15.5. The van der Waals surface area contributed by atoms with Crippen molar-refractivity contribution in [2.75, 3.05) is 27.4 Å². The van der Waals surface area contributed by atoms with Crippen molar-refractivity contribution in [1.82, 2.24) is 5.32 Å². The number of benzene rings is 1. The number of nitrogens with one attached hydrogen (secondary N) is 1. The number of rotatable bonds is 6. The number of carbonyl (C=O) groups is 1. The lowest BCUT2D eigenvalue weighted by Gasteiger charge is -2.13. The van der Waals surface area contributed by atoms with E-state index >= 15 is 0 Å². The van der Waals surface area contributed by atoms with Crippen LogP contribution in [-0.4, -0.2) is 44.3 Å². The number of ether oxygens (including phenoxy) is 3. The van der Waals surface area contributed by atoms with Crippen molar-refractivity contribution in [2.45, 2.75) is 18.9 Å². The lowest BCUT2D eigenvalue weighted by atomic mass is 10.1. The minimum atomic E-state index is -0.622. The molecule has 1 fully saturated rings. The Morgan fingerprint density at radius 2 is 2.09 bits per heavy atom. The molecule has 8 nitrogen and oxygen atoms in total. The van der Waals surface area contributed by atoms with Gasteiger partial charge >= 0.3 is 0 Å². The number of carbonyl (C=O) groups excluding carboxylic acids is 1. The maximum atomic E-state index is 12.2. The van der Waals surface area contributed by atoms with Gasteiger partial charge in [0.25, 0.3) is 11.6 Å². The van der Waals surface area contributed by atoms with E-state index in [4.69, 9.17) is 14.2 Å². The fraction of sp³-hybridized carbons (Fsp3) is 0.500. The predicted octanol–water partition coefficient (Wildman–Crippen LogP) is 1.52. The van der Waals surface area contributed by atoms with E-state index in [1.165, 1.54) is 26.4 Å². The number of nitrogens with zero attached hydrogens (tertiary/aromatic N) is 1. The fourth-order valence-electron chi connectivity index (χ4n) is 2.31. The molecule has 0 radical (unpaired) electrons. The quantitative estimate of drug-likeness (QED) is 0.631. The second kappa shape index (κ2) is 7.08. The molecule has 1 aromatic carbocycles. The number of hydrogen-bond acceptors (Lipinski definition) is 6. The van der Waals surface area contributed by atoms with Gasteiger partial charge in [-0.3, -0.25) is 14.9 Å². The van der Waals surface area contributed by atoms with Crippen molar-refractivity contribution < 1.29 is 23.9 Å². The molecular formula is C14H18N2O6. The molecule has 1 aromatic rings. The van der Waals surface area contributed by atoms with Crippen molar-refractivity contribution in [3.05, 3.63) is 27.8 Å². The first-order valence-electron chi connectivity index (χ1n) is 6.87. The minimum Gasteiger partial charge on any atom is -0.493 e. The number of amides is 1. The van der Waals surface area contributed by atoms with Crippen LogP contribution in [0.4, 0.5) is 5.69 Å². The highest BCUT2D eigenvalue weighted by molar-refractivity contribution is 5.99. The van der Waals surface area contributed by atoms with Crippen molar-refractivity contribution in [1.29, 1.82) is 0 Å². The summed E-state index contributed by atoms with van der Waals surface area (Å²) in [5, 5.41) is 13.8. The Hall–Kier alpha value is -2.35. The molecule has 1 amide bonds. The maximum absolute atomic E-state index is 12.2. The summed E-state index contributed by atoms with van der Waals surface area (Å²) in [6, 6.07) is 2.49. The van der Waals surface area contributed by atoms with Crippen molar-refractivity contribution in [3.63, 3.8) is 0 Å². The second-order valence-corrected chi connectivity index (χ2v) is 4.83. The number of hydrogen-bond donors (Lipinski definition) is 1. The van der Waals surface area contributed by atoms with Gasteiger partial charge in [0.1, 0.15) is 5.56 Å². The van der Waals surface area contributed by atoms with E-state index in [1.54, 1.807) is 0 Å². The van der Waals surface area contributed by atoms with E-state index in [-0.39, 0.29) is 28.9 Å². The molecule has 0 aromatic heterocycles. The molecule has 22 heavy (non-hydrogen) atoms. The number of nitro benzene ring substituents is 1. The Kier molecular flexibility index (Phi) is 5.16. The zero-order chi connectivity index (χ0) is 16.1. The standard InChI is InChI=1S/C14H18N2O6/c1-20-12-6-10(11(16(18)19)7-13(12)21-2)14(17)15-8-9-4-3-5-22-9/h6-7,9H,3-5,8H2,1-2H3,(H,15,17)/t9-/m1/s1. The van der Waals surface area contributed by atoms with Gasteiger partial charge in [0.05, 0.1) is 31.3 Å². The molecule has 0 spiro atoms. The smallest absolute Gasteiger partial charge is 0.286 e. The van der Waals surface area contributed by atoms with Crippen LogP contribution in [0.15, 0.2) is 12.1 Å². The Labute approximate surface area is 127 Å². The number of methoxy groups -OCH3 is 2. The normalized spacial score (nSPS) is 17.1. The molecule has 0 unspecified atom stereocenters. The van der Waals surface area contributed by atoms with Gasteiger partial charge in [-0.05, 0) is 12.8 Å². The first kappa shape index (κ1) is 16.0. The predicted molar refractivity (Wildman–Crippen MR) is 77.5 cm³/mol. The van der Waals surface area contributed by atoms with E-state index in [0.29, 0.717) is 13.2 Å². The van der Waals surface area contributed by atoms with Crippen LogP contribution < -0.4 is 14.8 Å². The molecule has 1 saturated heterocycles. The van der Waals surface area contributed by atoms with Gasteiger partial charge in [0.2, 0.25) is 0 Å². The van der Waals surface area contributed by atoms with Gasteiger partial charge < -0.3 is 19.5 Å².